The summed E-state index contributed by atoms with van der Waals surface area (Å²) in [6, 6.07) is 14.7. The molecule has 1 heterocycles. The summed E-state index contributed by atoms with van der Waals surface area (Å²) in [6.07, 6.45) is 0.494. The first-order valence-corrected chi connectivity index (χ1v) is 7.86. The number of carbonyl (C=O) groups excluding carboxylic acids is 1. The molecule has 0 unspecified atom stereocenters. The highest BCUT2D eigenvalue weighted by molar-refractivity contribution is 5.95. The van der Waals surface area contributed by atoms with Gasteiger partial charge in [-0.2, -0.15) is 0 Å². The Kier molecular flexibility index (Phi) is 4.42. The summed E-state index contributed by atoms with van der Waals surface area (Å²) in [4.78, 5) is 29.1. The number of amides is 1. The summed E-state index contributed by atoms with van der Waals surface area (Å²) < 4.78 is 1.54. The molecule has 0 radical (unpaired) electrons. The number of fused-ring (bicyclic) bond motifs is 1. The molecule has 0 aliphatic rings. The number of carbonyl (C=O) groups is 1. The Hall–Kier alpha value is -2.95. The van der Waals surface area contributed by atoms with Gasteiger partial charge in [-0.05, 0) is 30.7 Å². The van der Waals surface area contributed by atoms with E-state index < -0.39 is 0 Å². The summed E-state index contributed by atoms with van der Waals surface area (Å²) in [5.41, 5.74) is 2.21. The van der Waals surface area contributed by atoms with Crippen LogP contribution in [-0.2, 0) is 13.5 Å². The maximum Gasteiger partial charge on any atom is 0.261 e. The van der Waals surface area contributed by atoms with E-state index in [9.17, 15) is 9.59 Å². The topological polar surface area (TPSA) is 64.0 Å². The molecule has 0 atom stereocenters. The van der Waals surface area contributed by atoms with Gasteiger partial charge in [-0.25, -0.2) is 4.98 Å². The first kappa shape index (κ1) is 15.9. The van der Waals surface area contributed by atoms with Crippen LogP contribution in [0.15, 0.2) is 53.3 Å². The number of rotatable bonds is 4. The van der Waals surface area contributed by atoms with Crippen molar-refractivity contribution < 1.29 is 4.79 Å². The van der Waals surface area contributed by atoms with Crippen LogP contribution in [0.1, 0.15) is 21.7 Å². The second kappa shape index (κ2) is 6.66. The molecule has 3 rings (SSSR count). The molecule has 0 saturated heterocycles. The molecule has 1 amide bonds. The van der Waals surface area contributed by atoms with E-state index in [0.717, 1.165) is 5.56 Å². The van der Waals surface area contributed by atoms with Crippen molar-refractivity contribution in [2.24, 2.45) is 7.05 Å². The van der Waals surface area contributed by atoms with Gasteiger partial charge in [-0.1, -0.05) is 30.3 Å². The lowest BCUT2D eigenvalue weighted by atomic mass is 10.1. The van der Waals surface area contributed by atoms with Crippen molar-refractivity contribution in [3.05, 3.63) is 75.8 Å². The molecule has 0 fully saturated rings. The van der Waals surface area contributed by atoms with Crippen molar-refractivity contribution in [3.8, 4) is 0 Å². The van der Waals surface area contributed by atoms with Crippen LogP contribution in [0.3, 0.4) is 0 Å². The van der Waals surface area contributed by atoms with Gasteiger partial charge >= 0.3 is 0 Å². The number of nitrogens with zero attached hydrogens (tertiary/aromatic N) is 2. The Labute approximate surface area is 140 Å². The number of hydrogen-bond donors (Lipinski definition) is 1. The molecule has 2 aromatic carbocycles. The van der Waals surface area contributed by atoms with Crippen molar-refractivity contribution in [2.75, 3.05) is 6.54 Å². The smallest absolute Gasteiger partial charge is 0.261 e. The van der Waals surface area contributed by atoms with E-state index in [1.165, 1.54) is 0 Å². The second-order valence-electron chi connectivity index (χ2n) is 5.73. The van der Waals surface area contributed by atoms with Crippen LogP contribution in [0.25, 0.3) is 10.9 Å². The molecule has 122 valence electrons. The standard InChI is InChI=1S/C19H19N3O2/c1-13-7-3-4-8-14(13)18(23)20-12-11-17-21-16-10-6-5-9-15(16)19(24)22(17)2/h3-10H,11-12H2,1-2H3,(H,20,23). The molecule has 1 N–H and O–H groups in total. The minimum atomic E-state index is -0.112. The zero-order valence-corrected chi connectivity index (χ0v) is 13.7. The van der Waals surface area contributed by atoms with Crippen molar-refractivity contribution in [3.63, 3.8) is 0 Å². The largest absolute Gasteiger partial charge is 0.352 e. The van der Waals surface area contributed by atoms with Gasteiger partial charge in [0.05, 0.1) is 10.9 Å². The van der Waals surface area contributed by atoms with Crippen molar-refractivity contribution >= 4 is 16.8 Å². The zero-order valence-electron chi connectivity index (χ0n) is 13.7. The van der Waals surface area contributed by atoms with Crippen LogP contribution in [-0.4, -0.2) is 22.0 Å². The predicted molar refractivity (Wildman–Crippen MR) is 94.2 cm³/mol. The van der Waals surface area contributed by atoms with Crippen LogP contribution in [0.2, 0.25) is 0 Å². The van der Waals surface area contributed by atoms with Crippen molar-refractivity contribution in [1.82, 2.24) is 14.9 Å². The van der Waals surface area contributed by atoms with Gasteiger partial charge < -0.3 is 5.32 Å². The minimum absolute atomic E-state index is 0.0687. The first-order chi connectivity index (χ1) is 11.6. The fourth-order valence-corrected chi connectivity index (χ4v) is 2.70. The number of aromatic nitrogens is 2. The zero-order chi connectivity index (χ0) is 17.1. The number of aryl methyl sites for hydroxylation is 1. The van der Waals surface area contributed by atoms with Crippen molar-refractivity contribution in [2.45, 2.75) is 13.3 Å². The average Bonchev–Trinajstić information content (AvgIpc) is 2.59. The average molecular weight is 321 g/mol. The van der Waals surface area contributed by atoms with E-state index >= 15 is 0 Å². The fourth-order valence-electron chi connectivity index (χ4n) is 2.70. The van der Waals surface area contributed by atoms with Gasteiger partial charge in [0.1, 0.15) is 5.82 Å². The van der Waals surface area contributed by atoms with E-state index in [0.29, 0.717) is 35.3 Å². The highest BCUT2D eigenvalue weighted by atomic mass is 16.1. The van der Waals surface area contributed by atoms with Gasteiger partial charge in [0.25, 0.3) is 11.5 Å². The molecule has 0 saturated carbocycles. The number of para-hydroxylation sites is 1. The minimum Gasteiger partial charge on any atom is -0.352 e. The molecular weight excluding hydrogens is 302 g/mol. The summed E-state index contributed by atoms with van der Waals surface area (Å²) in [6.45, 7) is 2.33. The van der Waals surface area contributed by atoms with E-state index in [1.54, 1.807) is 23.7 Å². The molecule has 0 spiro atoms. The van der Waals surface area contributed by atoms with Gasteiger partial charge in [-0.3, -0.25) is 14.2 Å². The highest BCUT2D eigenvalue weighted by Crippen LogP contribution is 2.08. The van der Waals surface area contributed by atoms with Crippen LogP contribution in [0, 0.1) is 6.92 Å². The molecule has 24 heavy (non-hydrogen) atoms. The number of nitrogens with one attached hydrogen (secondary N) is 1. The van der Waals surface area contributed by atoms with E-state index in [4.69, 9.17) is 0 Å². The van der Waals surface area contributed by atoms with Gasteiger partial charge in [-0.15, -0.1) is 0 Å². The fraction of sp³-hybridized carbons (Fsp3) is 0.211. The lowest BCUT2D eigenvalue weighted by Gasteiger charge is -2.10. The van der Waals surface area contributed by atoms with E-state index in [-0.39, 0.29) is 11.5 Å². The summed E-state index contributed by atoms with van der Waals surface area (Å²) >= 11 is 0. The number of hydrogen-bond acceptors (Lipinski definition) is 3. The molecule has 0 bridgehead atoms. The van der Waals surface area contributed by atoms with Gasteiger partial charge in [0, 0.05) is 25.6 Å². The highest BCUT2D eigenvalue weighted by Gasteiger charge is 2.10. The monoisotopic (exact) mass is 321 g/mol. The van der Waals surface area contributed by atoms with Crippen LogP contribution >= 0.6 is 0 Å². The summed E-state index contributed by atoms with van der Waals surface area (Å²) in [7, 11) is 1.71. The third kappa shape index (κ3) is 3.06. The van der Waals surface area contributed by atoms with Crippen LogP contribution in [0.4, 0.5) is 0 Å². The SMILES string of the molecule is Cc1ccccc1C(=O)NCCc1nc2ccccc2c(=O)n1C. The lowest BCUT2D eigenvalue weighted by molar-refractivity contribution is 0.0953. The quantitative estimate of drug-likeness (QED) is 0.801. The Morgan fingerprint density at radius 3 is 2.62 bits per heavy atom. The van der Waals surface area contributed by atoms with E-state index in [2.05, 4.69) is 10.3 Å². The van der Waals surface area contributed by atoms with Crippen LogP contribution < -0.4 is 10.9 Å². The van der Waals surface area contributed by atoms with Gasteiger partial charge in [0.15, 0.2) is 0 Å². The molecule has 5 nitrogen and oxygen atoms in total. The normalized spacial score (nSPS) is 10.8. The molecule has 0 aliphatic carbocycles. The maximum absolute atomic E-state index is 12.3. The van der Waals surface area contributed by atoms with E-state index in [1.807, 2.05) is 43.3 Å². The third-order valence-corrected chi connectivity index (χ3v) is 4.10. The summed E-state index contributed by atoms with van der Waals surface area (Å²) in [5, 5.41) is 3.49. The lowest BCUT2D eigenvalue weighted by Crippen LogP contribution is -2.29. The molecule has 0 aliphatic heterocycles. The number of benzene rings is 2. The second-order valence-corrected chi connectivity index (χ2v) is 5.73. The van der Waals surface area contributed by atoms with Crippen LogP contribution in [0.5, 0.6) is 0 Å². The summed E-state index contributed by atoms with van der Waals surface area (Å²) in [5.74, 6) is 0.544. The molecular formula is C19H19N3O2. The first-order valence-electron chi connectivity index (χ1n) is 7.86. The Balaban J connectivity index is 1.75. The molecule has 5 heteroatoms. The molecule has 1 aromatic heterocycles. The van der Waals surface area contributed by atoms with Crippen molar-refractivity contribution in [1.29, 1.82) is 0 Å². The Morgan fingerprint density at radius 2 is 1.83 bits per heavy atom. The van der Waals surface area contributed by atoms with Gasteiger partial charge in [0.2, 0.25) is 0 Å². The third-order valence-electron chi connectivity index (χ3n) is 4.10. The Morgan fingerprint density at radius 1 is 1.12 bits per heavy atom. The molecule has 3 aromatic rings. The Bertz CT molecular complexity index is 960. The maximum atomic E-state index is 12.3. The predicted octanol–water partition coefficient (Wildman–Crippen LogP) is 2.21.